The van der Waals surface area contributed by atoms with Crippen molar-refractivity contribution in [3.8, 4) is 0 Å². The smallest absolute Gasteiger partial charge is 0.271 e. The molecule has 0 aliphatic heterocycles. The summed E-state index contributed by atoms with van der Waals surface area (Å²) in [7, 11) is -4.00. The lowest BCUT2D eigenvalue weighted by Gasteiger charge is -2.09. The minimum Gasteiger partial charge on any atom is -0.391 e. The van der Waals surface area contributed by atoms with Crippen molar-refractivity contribution in [1.82, 2.24) is 0 Å². The monoisotopic (exact) mass is 383 g/mol. The molecular formula is C11H8BrF2NO3S2. The number of anilines is 1. The van der Waals surface area contributed by atoms with Gasteiger partial charge < -0.3 is 5.11 Å². The first-order valence-corrected chi connectivity index (χ1v) is 8.29. The van der Waals surface area contributed by atoms with Crippen molar-refractivity contribution in [3.63, 3.8) is 0 Å². The van der Waals surface area contributed by atoms with Crippen LogP contribution < -0.4 is 4.72 Å². The molecule has 0 aliphatic carbocycles. The predicted octanol–water partition coefficient (Wildman–Crippen LogP) is 3.08. The number of rotatable bonds is 4. The van der Waals surface area contributed by atoms with E-state index in [1.807, 2.05) is 4.72 Å². The molecule has 4 nitrogen and oxygen atoms in total. The van der Waals surface area contributed by atoms with E-state index in [0.717, 1.165) is 17.4 Å². The van der Waals surface area contributed by atoms with Gasteiger partial charge in [0.05, 0.1) is 12.3 Å². The molecule has 0 saturated carbocycles. The summed E-state index contributed by atoms with van der Waals surface area (Å²) in [5.74, 6) is -1.85. The molecule has 2 N–H and O–H groups in total. The first-order chi connectivity index (χ1) is 9.33. The van der Waals surface area contributed by atoms with E-state index in [9.17, 15) is 17.2 Å². The van der Waals surface area contributed by atoms with Gasteiger partial charge in [-0.25, -0.2) is 17.2 Å². The molecule has 2 aromatic rings. The Balaban J connectivity index is 2.38. The number of hydrogen-bond donors (Lipinski definition) is 2. The zero-order valence-electron chi connectivity index (χ0n) is 9.73. The summed E-state index contributed by atoms with van der Waals surface area (Å²) in [6, 6.07) is 4.29. The summed E-state index contributed by atoms with van der Waals surface area (Å²) in [6.45, 7) is -0.283. The Kier molecular flexibility index (Phi) is 4.43. The average Bonchev–Trinajstić information content (AvgIpc) is 2.83. The van der Waals surface area contributed by atoms with Gasteiger partial charge in [0, 0.05) is 15.4 Å². The average molecular weight is 384 g/mol. The van der Waals surface area contributed by atoms with Crippen LogP contribution in [-0.4, -0.2) is 13.5 Å². The van der Waals surface area contributed by atoms with Gasteiger partial charge in [-0.15, -0.1) is 11.3 Å². The molecule has 2 rings (SSSR count). The molecule has 0 saturated heterocycles. The van der Waals surface area contributed by atoms with Crippen LogP contribution in [-0.2, 0) is 16.6 Å². The number of aliphatic hydroxyl groups excluding tert-OH is 1. The second-order valence-corrected chi connectivity index (χ2v) is 7.66. The fourth-order valence-corrected chi connectivity index (χ4v) is 4.35. The van der Waals surface area contributed by atoms with Gasteiger partial charge in [-0.05, 0) is 34.1 Å². The van der Waals surface area contributed by atoms with Gasteiger partial charge in [0.1, 0.15) is 10.0 Å². The summed E-state index contributed by atoms with van der Waals surface area (Å²) >= 11 is 3.76. The van der Waals surface area contributed by atoms with Crippen molar-refractivity contribution in [2.75, 3.05) is 4.72 Å². The van der Waals surface area contributed by atoms with Gasteiger partial charge >= 0.3 is 0 Å². The van der Waals surface area contributed by atoms with Gasteiger partial charge in [0.2, 0.25) is 0 Å². The number of aliphatic hydroxyl groups is 1. The molecule has 20 heavy (non-hydrogen) atoms. The summed E-state index contributed by atoms with van der Waals surface area (Å²) in [6.07, 6.45) is 0. The zero-order chi connectivity index (χ0) is 14.9. The minimum atomic E-state index is -4.00. The third-order valence-corrected chi connectivity index (χ3v) is 5.84. The molecule has 9 heteroatoms. The molecule has 108 valence electrons. The molecule has 0 atom stereocenters. The largest absolute Gasteiger partial charge is 0.391 e. The Bertz CT molecular complexity index is 723. The molecule has 1 aromatic heterocycles. The number of nitrogens with one attached hydrogen (secondary N) is 1. The second kappa shape index (κ2) is 5.76. The first-order valence-electron chi connectivity index (χ1n) is 5.20. The quantitative estimate of drug-likeness (QED) is 0.852. The molecule has 0 radical (unpaired) electrons. The lowest BCUT2D eigenvalue weighted by atomic mass is 10.3. The van der Waals surface area contributed by atoms with Gasteiger partial charge in [0.25, 0.3) is 10.0 Å². The zero-order valence-corrected chi connectivity index (χ0v) is 12.9. The van der Waals surface area contributed by atoms with E-state index in [1.54, 1.807) is 0 Å². The van der Waals surface area contributed by atoms with Crippen LogP contribution >= 0.6 is 27.3 Å². The summed E-state index contributed by atoms with van der Waals surface area (Å²) in [5, 5.41) is 8.91. The number of thiophene rings is 1. The Hall–Kier alpha value is -1.03. The summed E-state index contributed by atoms with van der Waals surface area (Å²) < 4.78 is 52.6. The van der Waals surface area contributed by atoms with E-state index in [0.29, 0.717) is 10.9 Å². The van der Waals surface area contributed by atoms with E-state index >= 15 is 0 Å². The highest BCUT2D eigenvalue weighted by atomic mass is 79.9. The maximum Gasteiger partial charge on any atom is 0.271 e. The summed E-state index contributed by atoms with van der Waals surface area (Å²) in [5.41, 5.74) is -0.370. The van der Waals surface area contributed by atoms with Gasteiger partial charge in [-0.3, -0.25) is 4.72 Å². The van der Waals surface area contributed by atoms with Crippen molar-refractivity contribution < 1.29 is 22.3 Å². The highest BCUT2D eigenvalue weighted by Gasteiger charge is 2.21. The third kappa shape index (κ3) is 3.17. The van der Waals surface area contributed by atoms with Gasteiger partial charge in [0.15, 0.2) is 5.82 Å². The Labute approximate surface area is 126 Å². The van der Waals surface area contributed by atoms with E-state index in [-0.39, 0.29) is 21.0 Å². The second-order valence-electron chi connectivity index (χ2n) is 3.73. The van der Waals surface area contributed by atoms with Crippen molar-refractivity contribution in [2.24, 2.45) is 0 Å². The molecule has 0 unspecified atom stereocenters. The van der Waals surface area contributed by atoms with Crippen LogP contribution in [0.4, 0.5) is 14.5 Å². The SMILES string of the molecule is O=S(=O)(Nc1c(F)cc(F)cc1Br)c1ccc(CO)s1. The lowest BCUT2D eigenvalue weighted by Crippen LogP contribution is -2.13. The standard InChI is InChI=1S/C11H8BrF2NO3S2/c12-8-3-6(13)4-9(14)11(8)15-20(17,18)10-2-1-7(5-16)19-10/h1-4,15-16H,5H2. The number of hydrogen-bond acceptors (Lipinski definition) is 4. The number of halogens is 3. The number of sulfonamides is 1. The molecule has 0 fully saturated rings. The maximum atomic E-state index is 13.6. The Morgan fingerprint density at radius 1 is 1.30 bits per heavy atom. The fourth-order valence-electron chi connectivity index (χ4n) is 1.41. The van der Waals surface area contributed by atoms with E-state index in [4.69, 9.17) is 5.11 Å². The fraction of sp³-hybridized carbons (Fsp3) is 0.0909. The Morgan fingerprint density at radius 3 is 2.55 bits per heavy atom. The van der Waals surface area contributed by atoms with Crippen LogP contribution in [0.15, 0.2) is 32.9 Å². The molecule has 1 heterocycles. The molecular weight excluding hydrogens is 376 g/mol. The van der Waals surface area contributed by atoms with E-state index in [2.05, 4.69) is 15.9 Å². The minimum absolute atomic E-state index is 0.0440. The van der Waals surface area contributed by atoms with Crippen LogP contribution in [0.25, 0.3) is 0 Å². The van der Waals surface area contributed by atoms with Crippen LogP contribution in [0, 0.1) is 11.6 Å². The molecule has 0 spiro atoms. The molecule has 1 aromatic carbocycles. The molecule has 0 bridgehead atoms. The van der Waals surface area contributed by atoms with E-state index in [1.165, 1.54) is 12.1 Å². The predicted molar refractivity (Wildman–Crippen MR) is 75.1 cm³/mol. The van der Waals surface area contributed by atoms with Crippen molar-refractivity contribution in [2.45, 2.75) is 10.8 Å². The van der Waals surface area contributed by atoms with E-state index < -0.39 is 21.7 Å². The first kappa shape index (κ1) is 15.4. The normalized spacial score (nSPS) is 11.6. The highest BCUT2D eigenvalue weighted by molar-refractivity contribution is 9.10. The third-order valence-electron chi connectivity index (χ3n) is 2.30. The van der Waals surface area contributed by atoms with Crippen LogP contribution in [0.5, 0.6) is 0 Å². The van der Waals surface area contributed by atoms with Crippen molar-refractivity contribution >= 4 is 43.0 Å². The van der Waals surface area contributed by atoms with Crippen LogP contribution in [0.1, 0.15) is 4.88 Å². The van der Waals surface area contributed by atoms with Crippen molar-refractivity contribution in [3.05, 3.63) is 45.2 Å². The number of benzene rings is 1. The van der Waals surface area contributed by atoms with Gasteiger partial charge in [-0.2, -0.15) is 0 Å². The lowest BCUT2D eigenvalue weighted by molar-refractivity contribution is 0.285. The van der Waals surface area contributed by atoms with Crippen molar-refractivity contribution in [1.29, 1.82) is 0 Å². The topological polar surface area (TPSA) is 66.4 Å². The van der Waals surface area contributed by atoms with Crippen LogP contribution in [0.2, 0.25) is 0 Å². The molecule has 0 aliphatic rings. The highest BCUT2D eigenvalue weighted by Crippen LogP contribution is 2.30. The van der Waals surface area contributed by atoms with Crippen LogP contribution in [0.3, 0.4) is 0 Å². The Morgan fingerprint density at radius 2 is 2.00 bits per heavy atom. The van der Waals surface area contributed by atoms with Gasteiger partial charge in [-0.1, -0.05) is 0 Å². The maximum absolute atomic E-state index is 13.6. The molecule has 0 amide bonds. The summed E-state index contributed by atoms with van der Waals surface area (Å²) in [4.78, 5) is 0.462.